The first-order chi connectivity index (χ1) is 16.9. The number of aliphatic hydroxyl groups is 2. The first-order valence-corrected chi connectivity index (χ1v) is 14.9. The summed E-state index contributed by atoms with van der Waals surface area (Å²) in [7, 11) is 0. The van der Waals surface area contributed by atoms with E-state index in [1.54, 1.807) is 19.4 Å². The second-order valence-corrected chi connectivity index (χ2v) is 14.2. The quantitative estimate of drug-likeness (QED) is 0.454. The normalized spacial score (nSPS) is 43.5. The number of rotatable bonds is 6. The molecule has 4 aliphatic carbocycles. The van der Waals surface area contributed by atoms with Crippen LogP contribution < -0.4 is 0 Å². The van der Waals surface area contributed by atoms with Gasteiger partial charge in [-0.3, -0.25) is 4.79 Å². The van der Waals surface area contributed by atoms with Crippen molar-refractivity contribution in [3.63, 3.8) is 0 Å². The Bertz CT molecular complexity index is 906. The molecule has 202 valence electrons. The minimum atomic E-state index is -1.22. The van der Waals surface area contributed by atoms with Gasteiger partial charge in [0, 0.05) is 19.6 Å². The third-order valence-corrected chi connectivity index (χ3v) is 11.7. The lowest BCUT2D eigenvalue weighted by atomic mass is 9.48. The molecule has 0 radical (unpaired) electrons. The van der Waals surface area contributed by atoms with Crippen LogP contribution in [0.25, 0.3) is 0 Å². The summed E-state index contributed by atoms with van der Waals surface area (Å²) in [6, 6.07) is 0. The standard InChI is InChI=1S/C32H50O4/c1-20(8-13-29(34)30(2,3)35)25-11-12-26-23-10-9-22-17-28(33)24(21-7-6-16-36-19-21)18-32(22,5)27(23)14-15-31(25,26)4/h9-10,20-21,24-28,33,35H,6-8,11-19H2,1-5H3/t20-,21?,24?,25-,26?,27?,28-,31-,32+/m1/s1. The molecule has 0 bridgehead atoms. The predicted octanol–water partition coefficient (Wildman–Crippen LogP) is 6.26. The molecule has 9 atom stereocenters. The fourth-order valence-electron chi connectivity index (χ4n) is 9.53. The van der Waals surface area contributed by atoms with Gasteiger partial charge in [-0.2, -0.15) is 0 Å². The van der Waals surface area contributed by atoms with Gasteiger partial charge in [0.1, 0.15) is 5.60 Å². The van der Waals surface area contributed by atoms with Crippen LogP contribution in [0.2, 0.25) is 0 Å². The van der Waals surface area contributed by atoms with Gasteiger partial charge in [0.25, 0.3) is 0 Å². The number of Topliss-reactive ketones (excluding diaryl/α,β-unsaturated/α-hetero) is 1. The highest BCUT2D eigenvalue weighted by atomic mass is 16.5. The van der Waals surface area contributed by atoms with Gasteiger partial charge in [0.15, 0.2) is 5.78 Å². The van der Waals surface area contributed by atoms with Crippen LogP contribution in [0.3, 0.4) is 0 Å². The molecule has 3 saturated carbocycles. The van der Waals surface area contributed by atoms with Crippen molar-refractivity contribution in [3.8, 4) is 0 Å². The van der Waals surface area contributed by atoms with E-state index in [1.807, 2.05) is 0 Å². The zero-order valence-corrected chi connectivity index (χ0v) is 23.4. The van der Waals surface area contributed by atoms with E-state index < -0.39 is 5.60 Å². The van der Waals surface area contributed by atoms with Crippen molar-refractivity contribution in [2.24, 2.45) is 46.3 Å². The summed E-state index contributed by atoms with van der Waals surface area (Å²) in [4.78, 5) is 12.4. The van der Waals surface area contributed by atoms with Gasteiger partial charge in [0.05, 0.1) is 6.10 Å². The average Bonchev–Trinajstić information content (AvgIpc) is 3.19. The summed E-state index contributed by atoms with van der Waals surface area (Å²) < 4.78 is 5.84. The maximum Gasteiger partial charge on any atom is 0.163 e. The van der Waals surface area contributed by atoms with Crippen LogP contribution in [0, 0.1) is 46.3 Å². The maximum atomic E-state index is 12.4. The van der Waals surface area contributed by atoms with Gasteiger partial charge in [-0.25, -0.2) is 0 Å². The molecule has 0 aromatic rings. The highest BCUT2D eigenvalue weighted by Gasteiger charge is 2.58. The summed E-state index contributed by atoms with van der Waals surface area (Å²) in [5.41, 5.74) is 2.41. The van der Waals surface area contributed by atoms with Crippen LogP contribution in [-0.2, 0) is 9.53 Å². The van der Waals surface area contributed by atoms with Crippen LogP contribution in [0.1, 0.15) is 98.8 Å². The van der Waals surface area contributed by atoms with E-state index in [0.717, 1.165) is 38.9 Å². The highest BCUT2D eigenvalue weighted by Crippen LogP contribution is 2.66. The Labute approximate surface area is 219 Å². The van der Waals surface area contributed by atoms with E-state index >= 15 is 0 Å². The molecule has 4 fully saturated rings. The first-order valence-electron chi connectivity index (χ1n) is 14.9. The third kappa shape index (κ3) is 4.47. The van der Waals surface area contributed by atoms with Gasteiger partial charge in [-0.1, -0.05) is 44.1 Å². The summed E-state index contributed by atoms with van der Waals surface area (Å²) in [6.45, 7) is 12.3. The van der Waals surface area contributed by atoms with Crippen LogP contribution in [0.5, 0.6) is 0 Å². The molecule has 36 heavy (non-hydrogen) atoms. The number of allylic oxidation sites excluding steroid dienone is 3. The van der Waals surface area contributed by atoms with Crippen molar-refractivity contribution in [3.05, 3.63) is 23.3 Å². The van der Waals surface area contributed by atoms with Crippen LogP contribution in [-0.4, -0.2) is 40.9 Å². The summed E-state index contributed by atoms with van der Waals surface area (Å²) >= 11 is 0. The molecule has 0 amide bonds. The number of carbonyl (C=O) groups excluding carboxylic acids is 1. The molecule has 0 spiro atoms. The van der Waals surface area contributed by atoms with Gasteiger partial charge in [0.2, 0.25) is 0 Å². The molecule has 1 heterocycles. The fraction of sp³-hybridized carbons (Fsp3) is 0.844. The zero-order valence-electron chi connectivity index (χ0n) is 23.4. The maximum absolute atomic E-state index is 12.4. The zero-order chi connectivity index (χ0) is 25.9. The number of fused-ring (bicyclic) bond motifs is 5. The van der Waals surface area contributed by atoms with Gasteiger partial charge in [-0.15, -0.1) is 0 Å². The summed E-state index contributed by atoms with van der Waals surface area (Å²) in [5, 5.41) is 21.2. The largest absolute Gasteiger partial charge is 0.392 e. The monoisotopic (exact) mass is 498 g/mol. The van der Waals surface area contributed by atoms with Crippen LogP contribution in [0.4, 0.5) is 0 Å². The highest BCUT2D eigenvalue weighted by molar-refractivity contribution is 5.86. The molecule has 1 saturated heterocycles. The SMILES string of the molecule is C[C@H](CCC(=O)C(C)(C)O)[C@H]1CCC2C3=CC=C4C[C@@H](O)C(C5CCCOC5)C[C@]4(C)C3CC[C@@]21C. The van der Waals surface area contributed by atoms with Gasteiger partial charge >= 0.3 is 0 Å². The molecule has 4 unspecified atom stereocenters. The van der Waals surface area contributed by atoms with E-state index in [1.165, 1.54) is 37.7 Å². The average molecular weight is 499 g/mol. The molecule has 2 N–H and O–H groups in total. The number of aliphatic hydroxyl groups excluding tert-OH is 1. The molecule has 5 aliphatic rings. The lowest BCUT2D eigenvalue weighted by Gasteiger charge is -2.57. The van der Waals surface area contributed by atoms with Gasteiger partial charge in [-0.05, 0) is 118 Å². The van der Waals surface area contributed by atoms with E-state index in [4.69, 9.17) is 4.74 Å². The van der Waals surface area contributed by atoms with E-state index in [2.05, 4.69) is 32.9 Å². The third-order valence-electron chi connectivity index (χ3n) is 11.7. The Kier molecular flexibility index (Phi) is 7.14. The number of hydrogen-bond acceptors (Lipinski definition) is 4. The van der Waals surface area contributed by atoms with E-state index in [-0.39, 0.29) is 17.3 Å². The van der Waals surface area contributed by atoms with Crippen molar-refractivity contribution in [2.45, 2.75) is 111 Å². The molecular weight excluding hydrogens is 448 g/mol. The smallest absolute Gasteiger partial charge is 0.163 e. The second kappa shape index (κ2) is 9.65. The van der Waals surface area contributed by atoms with Crippen LogP contribution in [0.15, 0.2) is 23.3 Å². The second-order valence-electron chi connectivity index (χ2n) is 14.2. The Morgan fingerprint density at radius 3 is 2.64 bits per heavy atom. The van der Waals surface area contributed by atoms with Crippen LogP contribution >= 0.6 is 0 Å². The number of ketones is 1. The van der Waals surface area contributed by atoms with E-state index in [0.29, 0.717) is 47.3 Å². The minimum Gasteiger partial charge on any atom is -0.392 e. The summed E-state index contributed by atoms with van der Waals surface area (Å²) in [6.07, 6.45) is 15.2. The lowest BCUT2D eigenvalue weighted by molar-refractivity contribution is -0.134. The molecule has 0 aromatic heterocycles. The Morgan fingerprint density at radius 1 is 1.17 bits per heavy atom. The van der Waals surface area contributed by atoms with Crippen molar-refractivity contribution in [2.75, 3.05) is 13.2 Å². The molecule has 5 rings (SSSR count). The lowest BCUT2D eigenvalue weighted by Crippen LogP contribution is -2.50. The Balaban J connectivity index is 1.33. The number of ether oxygens (including phenoxy) is 1. The number of carbonyl (C=O) groups is 1. The first kappa shape index (κ1) is 26.6. The summed E-state index contributed by atoms with van der Waals surface area (Å²) in [5.74, 6) is 3.18. The topological polar surface area (TPSA) is 66.8 Å². The molecular formula is C32H50O4. The Morgan fingerprint density at radius 2 is 1.94 bits per heavy atom. The molecule has 0 aromatic carbocycles. The van der Waals surface area contributed by atoms with E-state index in [9.17, 15) is 15.0 Å². The molecule has 4 nitrogen and oxygen atoms in total. The van der Waals surface area contributed by atoms with Crippen molar-refractivity contribution < 1.29 is 19.7 Å². The molecule has 4 heteroatoms. The van der Waals surface area contributed by atoms with Gasteiger partial charge < -0.3 is 14.9 Å². The fourth-order valence-corrected chi connectivity index (χ4v) is 9.53. The van der Waals surface area contributed by atoms with Crippen molar-refractivity contribution in [1.82, 2.24) is 0 Å². The van der Waals surface area contributed by atoms with Crippen molar-refractivity contribution in [1.29, 1.82) is 0 Å². The number of hydrogen-bond donors (Lipinski definition) is 2. The Hall–Kier alpha value is -0.970. The molecule has 1 aliphatic heterocycles. The van der Waals surface area contributed by atoms with Crippen molar-refractivity contribution >= 4 is 5.78 Å². The minimum absolute atomic E-state index is 0.0317. The predicted molar refractivity (Wildman–Crippen MR) is 143 cm³/mol.